The van der Waals surface area contributed by atoms with E-state index >= 15 is 0 Å². The number of ether oxygens (including phenoxy) is 2. The summed E-state index contributed by atoms with van der Waals surface area (Å²) in [4.78, 5) is 41.7. The Kier molecular flexibility index (Phi) is 11.4. The van der Waals surface area contributed by atoms with Gasteiger partial charge in [-0.1, -0.05) is 43.2 Å². The quantitative estimate of drug-likeness (QED) is 0.145. The highest BCUT2D eigenvalue weighted by molar-refractivity contribution is 9.10. The van der Waals surface area contributed by atoms with Gasteiger partial charge in [0, 0.05) is 48.9 Å². The van der Waals surface area contributed by atoms with Gasteiger partial charge in [-0.2, -0.15) is 4.98 Å². The van der Waals surface area contributed by atoms with Gasteiger partial charge in [-0.25, -0.2) is 9.78 Å². The molecule has 1 saturated heterocycles. The normalized spacial score (nSPS) is 16.7. The Bertz CT molecular complexity index is 2500. The Labute approximate surface area is 352 Å². The van der Waals surface area contributed by atoms with Crippen LogP contribution in [0.2, 0.25) is 0 Å². The molecule has 306 valence electrons. The number of thiazole rings is 1. The van der Waals surface area contributed by atoms with E-state index in [1.807, 2.05) is 51.4 Å². The first-order chi connectivity index (χ1) is 27.7. The first kappa shape index (κ1) is 40.5. The van der Waals surface area contributed by atoms with Gasteiger partial charge >= 0.3 is 6.09 Å². The lowest BCUT2D eigenvalue weighted by Crippen LogP contribution is -2.44. The summed E-state index contributed by atoms with van der Waals surface area (Å²) in [6.07, 6.45) is 5.09. The van der Waals surface area contributed by atoms with Gasteiger partial charge in [0.1, 0.15) is 5.60 Å². The van der Waals surface area contributed by atoms with Gasteiger partial charge in [-0.15, -0.1) is 11.3 Å². The van der Waals surface area contributed by atoms with Crippen molar-refractivity contribution in [2.24, 2.45) is 0 Å². The van der Waals surface area contributed by atoms with Crippen molar-refractivity contribution < 1.29 is 14.3 Å². The number of alkyl carbamates (subject to hydrolysis) is 1. The predicted molar refractivity (Wildman–Crippen MR) is 237 cm³/mol. The number of aryl methyl sites for hydroxylation is 1. The van der Waals surface area contributed by atoms with E-state index in [2.05, 4.69) is 101 Å². The number of anilines is 1. The number of fused-ring (bicyclic) bond motifs is 5. The number of hydrogen-bond acceptors (Lipinski definition) is 9. The third-order valence-corrected chi connectivity index (χ3v) is 13.1. The molecule has 1 aliphatic heterocycles. The third-order valence-electron chi connectivity index (χ3n) is 11.4. The second kappa shape index (κ2) is 16.4. The van der Waals surface area contributed by atoms with Crippen LogP contribution < -0.4 is 15.8 Å². The Balaban J connectivity index is 0.981. The molecule has 2 aliphatic rings. The zero-order chi connectivity index (χ0) is 40.8. The number of carbonyl (C=O) groups excluding carboxylic acids is 1. The molecule has 0 radical (unpaired) electrons. The highest BCUT2D eigenvalue weighted by Gasteiger charge is 2.29. The Hall–Kier alpha value is -4.30. The van der Waals surface area contributed by atoms with Crippen molar-refractivity contribution in [2.45, 2.75) is 96.9 Å². The number of halogens is 1. The molecule has 13 heteroatoms. The highest BCUT2D eigenvalue weighted by atomic mass is 79.9. The van der Waals surface area contributed by atoms with Gasteiger partial charge in [-0.05, 0) is 118 Å². The molecule has 0 bridgehead atoms. The van der Waals surface area contributed by atoms with Crippen molar-refractivity contribution in [3.05, 3.63) is 92.3 Å². The molecule has 0 spiro atoms. The van der Waals surface area contributed by atoms with Crippen LogP contribution in [-0.4, -0.2) is 80.5 Å². The summed E-state index contributed by atoms with van der Waals surface area (Å²) in [5, 5.41) is 3.69. The molecule has 3 aromatic carbocycles. The number of imidazole rings is 1. The van der Waals surface area contributed by atoms with Crippen LogP contribution in [0, 0.1) is 6.92 Å². The molecule has 4 heterocycles. The topological polar surface area (TPSA) is 106 Å². The number of carbonyl (C=O) groups is 1. The fourth-order valence-electron chi connectivity index (χ4n) is 8.73. The molecule has 1 amide bonds. The Morgan fingerprint density at radius 3 is 2.45 bits per heavy atom. The van der Waals surface area contributed by atoms with Gasteiger partial charge in [0.15, 0.2) is 0 Å². The maximum absolute atomic E-state index is 13.4. The lowest BCUT2D eigenvalue weighted by Gasteiger charge is -2.34. The molecule has 1 N–H and O–H groups in total. The van der Waals surface area contributed by atoms with Gasteiger partial charge in [-0.3, -0.25) is 14.1 Å². The van der Waals surface area contributed by atoms with Crippen LogP contribution in [0.15, 0.2) is 75.4 Å². The van der Waals surface area contributed by atoms with E-state index in [1.54, 1.807) is 11.3 Å². The molecular weight excluding hydrogens is 815 g/mol. The van der Waals surface area contributed by atoms with Crippen molar-refractivity contribution in [1.29, 1.82) is 0 Å². The molecule has 8 rings (SSSR count). The number of hydrogen-bond donors (Lipinski definition) is 1. The summed E-state index contributed by atoms with van der Waals surface area (Å²) in [7, 11) is 0. The summed E-state index contributed by atoms with van der Waals surface area (Å²) in [5.74, 6) is 0.727. The zero-order valence-corrected chi connectivity index (χ0v) is 36.8. The average molecular weight is 869 g/mol. The molecule has 3 aromatic heterocycles. The third kappa shape index (κ3) is 8.55. The van der Waals surface area contributed by atoms with Gasteiger partial charge in [0.25, 0.3) is 5.56 Å². The summed E-state index contributed by atoms with van der Waals surface area (Å²) >= 11 is 5.24. The summed E-state index contributed by atoms with van der Waals surface area (Å²) in [6, 6.07) is 20.9. The van der Waals surface area contributed by atoms with E-state index in [0.29, 0.717) is 18.0 Å². The van der Waals surface area contributed by atoms with Crippen LogP contribution in [0.4, 0.5) is 10.5 Å². The van der Waals surface area contributed by atoms with E-state index in [4.69, 9.17) is 14.5 Å². The lowest BCUT2D eigenvalue weighted by molar-refractivity contribution is -0.0492. The van der Waals surface area contributed by atoms with Gasteiger partial charge in [0.2, 0.25) is 5.78 Å². The second-order valence-electron chi connectivity index (χ2n) is 17.4. The molecule has 1 atom stereocenters. The second-order valence-corrected chi connectivity index (χ2v) is 19.2. The number of nitrogens with one attached hydrogen (secondary N) is 1. The summed E-state index contributed by atoms with van der Waals surface area (Å²) < 4.78 is 17.6. The van der Waals surface area contributed by atoms with Gasteiger partial charge < -0.3 is 24.3 Å². The Morgan fingerprint density at radius 2 is 1.72 bits per heavy atom. The largest absolute Gasteiger partial charge is 0.444 e. The molecule has 11 nitrogen and oxygen atoms in total. The summed E-state index contributed by atoms with van der Waals surface area (Å²) in [5.41, 5.74) is 7.89. The first-order valence-corrected chi connectivity index (χ1v) is 22.2. The zero-order valence-electron chi connectivity index (χ0n) is 34.4. The molecule has 6 aromatic rings. The maximum atomic E-state index is 13.4. The molecule has 0 unspecified atom stereocenters. The maximum Gasteiger partial charge on any atom is 0.408 e. The van der Waals surface area contributed by atoms with E-state index in [-0.39, 0.29) is 5.56 Å². The smallest absolute Gasteiger partial charge is 0.408 e. The monoisotopic (exact) mass is 867 g/mol. The fraction of sp³-hybridized carbons (Fsp3) is 0.467. The van der Waals surface area contributed by atoms with Crippen LogP contribution in [0.3, 0.4) is 0 Å². The molecule has 58 heavy (non-hydrogen) atoms. The van der Waals surface area contributed by atoms with E-state index < -0.39 is 23.3 Å². The van der Waals surface area contributed by atoms with Crippen LogP contribution in [0.25, 0.3) is 38.2 Å². The molecule has 1 saturated carbocycles. The molecule has 2 fully saturated rings. The first-order valence-electron chi connectivity index (χ1n) is 20.5. The van der Waals surface area contributed by atoms with E-state index in [0.717, 1.165) is 100 Å². The Morgan fingerprint density at radius 1 is 0.948 bits per heavy atom. The minimum atomic E-state index is -0.618. The fourth-order valence-corrected chi connectivity index (χ4v) is 10.1. The number of aromatic nitrogens is 4. The highest BCUT2D eigenvalue weighted by Crippen LogP contribution is 2.38. The van der Waals surface area contributed by atoms with Gasteiger partial charge in [0.05, 0.1) is 56.3 Å². The van der Waals surface area contributed by atoms with E-state index in [1.165, 1.54) is 18.5 Å². The van der Waals surface area contributed by atoms with Crippen LogP contribution in [-0.2, 0) is 9.47 Å². The lowest BCUT2D eigenvalue weighted by atomic mass is 10.0. The van der Waals surface area contributed by atoms with Crippen molar-refractivity contribution in [2.75, 3.05) is 44.2 Å². The molecule has 1 aliphatic carbocycles. The van der Waals surface area contributed by atoms with Crippen molar-refractivity contribution in [3.63, 3.8) is 0 Å². The predicted octanol–water partition coefficient (Wildman–Crippen LogP) is 9.69. The van der Waals surface area contributed by atoms with Crippen LogP contribution in [0.1, 0.15) is 90.1 Å². The average Bonchev–Trinajstić information content (AvgIpc) is 3.88. The number of rotatable bonds is 10. The van der Waals surface area contributed by atoms with Crippen molar-refractivity contribution in [1.82, 2.24) is 29.2 Å². The SMILES string of the molecule is Cc1ncsc1-c1ccc([C@H](COC(C)(C)CN2CCCN(c3ccc4c(c3)n(C3CCCC3)c3nc(=O)c5c(Br)cccc5n43)CC2)NC(=O)OC(C)(C)C)cc1. The minimum absolute atomic E-state index is 0.199. The van der Waals surface area contributed by atoms with Crippen LogP contribution >= 0.6 is 27.3 Å². The molecular formula is C45H54BrN7O4S. The van der Waals surface area contributed by atoms with Crippen molar-refractivity contribution >= 4 is 66.8 Å². The number of benzene rings is 3. The van der Waals surface area contributed by atoms with Crippen LogP contribution in [0.5, 0.6) is 0 Å². The van der Waals surface area contributed by atoms with E-state index in [9.17, 15) is 9.59 Å². The minimum Gasteiger partial charge on any atom is -0.444 e. The summed E-state index contributed by atoms with van der Waals surface area (Å²) in [6.45, 7) is 16.6. The standard InChI is InChI=1S/C45H54BrN7O4S/c1-29-40(58-28-47-29)31-17-15-30(16-18-31)35(48-43(55)57-44(2,3)4)26-56-45(5,6)27-50-21-10-22-51(24-23-50)33-19-20-36-38(25-33)52(32-11-7-8-12-32)42-49-41(54)39-34(46)13-9-14-37(39)53(36)42/h9,13-20,25,28,32,35H,7-8,10-12,21-24,26-27H2,1-6H3,(H,48,55)/t35-/m0/s1. The number of nitrogens with zero attached hydrogens (tertiary/aromatic N) is 6. The number of amides is 1. The van der Waals surface area contributed by atoms with Crippen molar-refractivity contribution in [3.8, 4) is 10.4 Å².